The van der Waals surface area contributed by atoms with Crippen molar-refractivity contribution in [3.8, 4) is 0 Å². The topological polar surface area (TPSA) is 34.1 Å². The fourth-order valence-corrected chi connectivity index (χ4v) is 2.67. The van der Waals surface area contributed by atoms with E-state index in [9.17, 15) is 17.2 Å². The van der Waals surface area contributed by atoms with Gasteiger partial charge in [0.15, 0.2) is 0 Å². The second-order valence-corrected chi connectivity index (χ2v) is 6.27. The van der Waals surface area contributed by atoms with E-state index in [-0.39, 0.29) is 6.08 Å². The summed E-state index contributed by atoms with van der Waals surface area (Å²) in [4.78, 5) is -0.423. The minimum Gasteiger partial charge on any atom is -0.217 e. The summed E-state index contributed by atoms with van der Waals surface area (Å²) in [5.74, 6) is 0. The molecule has 2 rings (SSSR count). The third-order valence-electron chi connectivity index (χ3n) is 2.71. The number of hydrogen-bond acceptors (Lipinski definition) is 2. The Hall–Kier alpha value is -2.23. The lowest BCUT2D eigenvalue weighted by Crippen LogP contribution is -2.26. The molecule has 0 heterocycles. The normalized spacial score (nSPS) is 11.5. The van der Waals surface area contributed by atoms with E-state index in [1.807, 2.05) is 0 Å². The van der Waals surface area contributed by atoms with Crippen LogP contribution in [0.4, 0.5) is 8.78 Å². The van der Waals surface area contributed by atoms with Crippen molar-refractivity contribution in [3.05, 3.63) is 78.0 Å². The number of rotatable bonds is 4. The molecule has 0 fully saturated rings. The van der Waals surface area contributed by atoms with Crippen LogP contribution < -0.4 is 0 Å². The Labute approximate surface area is 122 Å². The summed E-state index contributed by atoms with van der Waals surface area (Å²) < 4.78 is 51.5. The Balaban J connectivity index is 2.32. The van der Waals surface area contributed by atoms with E-state index in [0.717, 1.165) is 12.1 Å². The molecule has 0 amide bonds. The molecule has 0 unspecified atom stereocenters. The molecule has 2 aromatic rings. The van der Waals surface area contributed by atoms with E-state index >= 15 is 0 Å². The Bertz CT molecular complexity index is 760. The maximum Gasteiger partial charge on any atom is 0.375 e. The number of halogens is 2. The van der Waals surface area contributed by atoms with Crippen molar-refractivity contribution in [2.24, 2.45) is 0 Å². The molecular formula is C16H12F2O2S. The van der Waals surface area contributed by atoms with Crippen LogP contribution in [0.2, 0.25) is 0 Å². The van der Waals surface area contributed by atoms with Gasteiger partial charge in [0.2, 0.25) is 9.84 Å². The molecule has 0 aromatic heterocycles. The van der Waals surface area contributed by atoms with Crippen LogP contribution >= 0.6 is 0 Å². The van der Waals surface area contributed by atoms with Crippen molar-refractivity contribution in [1.82, 2.24) is 0 Å². The van der Waals surface area contributed by atoms with Crippen LogP contribution in [0.1, 0.15) is 5.56 Å². The second-order valence-electron chi connectivity index (χ2n) is 4.24. The predicted octanol–water partition coefficient (Wildman–Crippen LogP) is 3.92. The molecule has 0 aliphatic heterocycles. The summed E-state index contributed by atoms with van der Waals surface area (Å²) in [5.41, 5.74) is 2.89. The molecule has 0 aliphatic rings. The van der Waals surface area contributed by atoms with E-state index < -0.39 is 20.0 Å². The highest BCUT2D eigenvalue weighted by Crippen LogP contribution is 2.29. The zero-order valence-electron chi connectivity index (χ0n) is 10.9. The van der Waals surface area contributed by atoms with Gasteiger partial charge in [-0.15, -0.1) is 5.73 Å². The molecule has 0 atom stereocenters. The van der Waals surface area contributed by atoms with Gasteiger partial charge in [-0.05, 0) is 23.8 Å². The average Bonchev–Trinajstić information content (AvgIpc) is 2.49. The van der Waals surface area contributed by atoms with Gasteiger partial charge in [-0.25, -0.2) is 8.42 Å². The van der Waals surface area contributed by atoms with Crippen LogP contribution in [0, 0.1) is 0 Å². The first kappa shape index (κ1) is 15.2. The van der Waals surface area contributed by atoms with Gasteiger partial charge in [0.1, 0.15) is 0 Å². The molecule has 0 radical (unpaired) electrons. The highest BCUT2D eigenvalue weighted by molar-refractivity contribution is 7.92. The molecule has 0 spiro atoms. The van der Waals surface area contributed by atoms with Gasteiger partial charge in [0.25, 0.3) is 0 Å². The lowest BCUT2D eigenvalue weighted by Gasteiger charge is -2.11. The monoisotopic (exact) mass is 306 g/mol. The molecule has 2 nitrogen and oxygen atoms in total. The smallest absolute Gasteiger partial charge is 0.217 e. The first-order valence-corrected chi connectivity index (χ1v) is 7.58. The molecule has 108 valence electrons. The van der Waals surface area contributed by atoms with E-state index in [1.54, 1.807) is 36.4 Å². The zero-order chi connectivity index (χ0) is 15.3. The summed E-state index contributed by atoms with van der Waals surface area (Å²) in [5, 5.41) is -4.01. The van der Waals surface area contributed by atoms with E-state index in [4.69, 9.17) is 0 Å². The Morgan fingerprint density at radius 2 is 1.43 bits per heavy atom. The molecule has 5 heteroatoms. The molecule has 0 N–H and O–H groups in total. The molecule has 0 saturated carbocycles. The lowest BCUT2D eigenvalue weighted by atomic mass is 10.2. The fraction of sp³-hybridized carbons (Fsp3) is 0.0625. The van der Waals surface area contributed by atoms with Crippen molar-refractivity contribution in [2.75, 3.05) is 0 Å². The van der Waals surface area contributed by atoms with Crippen molar-refractivity contribution in [1.29, 1.82) is 0 Å². The van der Waals surface area contributed by atoms with Gasteiger partial charge < -0.3 is 0 Å². The van der Waals surface area contributed by atoms with Crippen molar-refractivity contribution in [2.45, 2.75) is 10.2 Å². The highest BCUT2D eigenvalue weighted by atomic mass is 32.2. The van der Waals surface area contributed by atoms with Gasteiger partial charge in [-0.3, -0.25) is 0 Å². The maximum absolute atomic E-state index is 13.9. The number of sulfone groups is 1. The summed E-state index contributed by atoms with van der Waals surface area (Å²) in [6.45, 7) is 0. The third-order valence-corrected chi connectivity index (χ3v) is 4.44. The standard InChI is InChI=1S/C16H12F2O2S/c17-16(18,13-7-10-14-8-3-1-4-9-14)21(19,20)15-11-5-2-6-12-15/h1-6,8-13H. The van der Waals surface area contributed by atoms with Gasteiger partial charge in [0, 0.05) is 6.08 Å². The van der Waals surface area contributed by atoms with Gasteiger partial charge >= 0.3 is 5.25 Å². The third kappa shape index (κ3) is 3.45. The van der Waals surface area contributed by atoms with Gasteiger partial charge in [-0.1, -0.05) is 48.5 Å². The van der Waals surface area contributed by atoms with E-state index in [0.29, 0.717) is 5.56 Å². The quantitative estimate of drug-likeness (QED) is 0.802. The first-order valence-electron chi connectivity index (χ1n) is 6.10. The van der Waals surface area contributed by atoms with E-state index in [1.165, 1.54) is 18.2 Å². The maximum atomic E-state index is 13.9. The van der Waals surface area contributed by atoms with Crippen LogP contribution in [0.3, 0.4) is 0 Å². The highest BCUT2D eigenvalue weighted by Gasteiger charge is 2.43. The summed E-state index contributed by atoms with van der Waals surface area (Å²) >= 11 is 0. The summed E-state index contributed by atoms with van der Waals surface area (Å²) in [7, 11) is -4.76. The van der Waals surface area contributed by atoms with Crippen molar-refractivity contribution in [3.63, 3.8) is 0 Å². The SMILES string of the molecule is O=S(=O)(c1ccccc1)C(F)(F)C=C=Cc1ccccc1. The van der Waals surface area contributed by atoms with Crippen LogP contribution in [0.5, 0.6) is 0 Å². The largest absolute Gasteiger partial charge is 0.375 e. The van der Waals surface area contributed by atoms with Crippen LogP contribution in [-0.4, -0.2) is 13.7 Å². The predicted molar refractivity (Wildman–Crippen MR) is 77.6 cm³/mol. The molecule has 21 heavy (non-hydrogen) atoms. The molecule has 0 saturated heterocycles. The molecule has 2 aromatic carbocycles. The summed E-state index contributed by atoms with van der Waals surface area (Å²) in [6, 6.07) is 15.3. The average molecular weight is 306 g/mol. The van der Waals surface area contributed by atoms with Gasteiger partial charge in [0.05, 0.1) is 4.90 Å². The second kappa shape index (κ2) is 6.04. The first-order chi connectivity index (χ1) is 9.93. The molecule has 0 bridgehead atoms. The fourth-order valence-electron chi connectivity index (χ4n) is 1.62. The minimum atomic E-state index is -4.76. The Morgan fingerprint density at radius 3 is 2.00 bits per heavy atom. The van der Waals surface area contributed by atoms with E-state index in [2.05, 4.69) is 5.73 Å². The van der Waals surface area contributed by atoms with Crippen molar-refractivity contribution >= 4 is 15.9 Å². The molecule has 0 aliphatic carbocycles. The number of hydrogen-bond donors (Lipinski definition) is 0. The lowest BCUT2D eigenvalue weighted by molar-refractivity contribution is 0.147. The van der Waals surface area contributed by atoms with Crippen molar-refractivity contribution < 1.29 is 17.2 Å². The van der Waals surface area contributed by atoms with Crippen LogP contribution in [-0.2, 0) is 9.84 Å². The minimum absolute atomic E-state index is 0.266. The zero-order valence-corrected chi connectivity index (χ0v) is 11.7. The molecular weight excluding hydrogens is 294 g/mol. The number of benzene rings is 2. The Kier molecular flexibility index (Phi) is 4.36. The number of alkyl halides is 2. The van der Waals surface area contributed by atoms with Crippen LogP contribution in [0.15, 0.2) is 77.4 Å². The van der Waals surface area contributed by atoms with Crippen LogP contribution in [0.25, 0.3) is 6.08 Å². The Morgan fingerprint density at radius 1 is 0.905 bits per heavy atom. The summed E-state index contributed by atoms with van der Waals surface area (Å²) in [6.07, 6.45) is 1.57. The van der Waals surface area contributed by atoms with Gasteiger partial charge in [-0.2, -0.15) is 8.78 Å².